The first-order chi connectivity index (χ1) is 9.94. The smallest absolute Gasteiger partial charge is 0.145 e. The summed E-state index contributed by atoms with van der Waals surface area (Å²) in [4.78, 5) is 0. The van der Waals surface area contributed by atoms with Crippen molar-refractivity contribution < 1.29 is 4.74 Å². The molecule has 0 saturated carbocycles. The number of methoxy groups -OCH3 is 1. The highest BCUT2D eigenvalue weighted by Crippen LogP contribution is 2.37. The molecule has 0 aliphatic heterocycles. The molecule has 4 heteroatoms. The molecule has 0 amide bonds. The minimum Gasteiger partial charge on any atom is -0.496 e. The summed E-state index contributed by atoms with van der Waals surface area (Å²) in [5.74, 6) is 1.54. The molecule has 0 bridgehead atoms. The van der Waals surface area contributed by atoms with Crippen LogP contribution in [-0.2, 0) is 0 Å². The molecule has 1 aromatic carbocycles. The first-order valence-electron chi connectivity index (χ1n) is 6.93. The van der Waals surface area contributed by atoms with Gasteiger partial charge >= 0.3 is 0 Å². The van der Waals surface area contributed by atoms with Crippen LogP contribution < -0.4 is 10.1 Å². The number of allylic oxidation sites excluding steroid dienone is 1. The third kappa shape index (κ3) is 4.00. The van der Waals surface area contributed by atoms with Crippen LogP contribution in [0.5, 0.6) is 5.75 Å². The zero-order valence-electron chi connectivity index (χ0n) is 13.2. The second-order valence-corrected chi connectivity index (χ2v) is 5.42. The maximum absolute atomic E-state index is 8.77. The lowest BCUT2D eigenvalue weighted by molar-refractivity contribution is 0.400. The fourth-order valence-corrected chi connectivity index (χ4v) is 2.10. The Bertz CT molecular complexity index is 571. The number of nitriles is 2. The van der Waals surface area contributed by atoms with E-state index >= 15 is 0 Å². The predicted octanol–water partition coefficient (Wildman–Crippen LogP) is 4.28. The largest absolute Gasteiger partial charge is 0.496 e. The van der Waals surface area contributed by atoms with E-state index < -0.39 is 0 Å². The van der Waals surface area contributed by atoms with Crippen molar-refractivity contribution in [3.63, 3.8) is 0 Å². The van der Waals surface area contributed by atoms with Gasteiger partial charge in [0.2, 0.25) is 0 Å². The molecule has 0 unspecified atom stereocenters. The molecule has 0 fully saturated rings. The van der Waals surface area contributed by atoms with Gasteiger partial charge in [-0.1, -0.05) is 27.7 Å². The topological polar surface area (TPSA) is 68.8 Å². The third-order valence-corrected chi connectivity index (χ3v) is 3.22. The number of anilines is 1. The number of rotatable bonds is 5. The molecule has 4 nitrogen and oxygen atoms in total. The van der Waals surface area contributed by atoms with Gasteiger partial charge in [0.25, 0.3) is 0 Å². The van der Waals surface area contributed by atoms with Crippen molar-refractivity contribution >= 4 is 5.69 Å². The van der Waals surface area contributed by atoms with Gasteiger partial charge in [-0.15, -0.1) is 0 Å². The maximum atomic E-state index is 8.77. The summed E-state index contributed by atoms with van der Waals surface area (Å²) in [6.45, 7) is 8.43. The van der Waals surface area contributed by atoms with Gasteiger partial charge in [0.05, 0.1) is 7.11 Å². The molecule has 0 aliphatic rings. The number of benzene rings is 1. The van der Waals surface area contributed by atoms with Crippen molar-refractivity contribution in [1.82, 2.24) is 0 Å². The van der Waals surface area contributed by atoms with Gasteiger partial charge < -0.3 is 10.1 Å². The summed E-state index contributed by atoms with van der Waals surface area (Å²) in [5, 5.41) is 20.6. The summed E-state index contributed by atoms with van der Waals surface area (Å²) in [5.41, 5.74) is 3.11. The highest BCUT2D eigenvalue weighted by atomic mass is 16.5. The lowest BCUT2D eigenvalue weighted by Gasteiger charge is -2.20. The summed E-state index contributed by atoms with van der Waals surface area (Å²) in [7, 11) is 1.68. The Balaban J connectivity index is 3.33. The molecule has 1 rings (SSSR count). The number of ether oxygens (including phenoxy) is 1. The quantitative estimate of drug-likeness (QED) is 0.819. The molecular formula is C17H21N3O. The van der Waals surface area contributed by atoms with E-state index in [1.807, 2.05) is 24.3 Å². The number of nitrogens with zero attached hydrogens (tertiary/aromatic N) is 2. The summed E-state index contributed by atoms with van der Waals surface area (Å²) in [6.07, 6.45) is 1.43. The molecule has 1 aromatic rings. The van der Waals surface area contributed by atoms with Gasteiger partial charge in [0.15, 0.2) is 0 Å². The molecule has 0 aromatic heterocycles. The average Bonchev–Trinajstić information content (AvgIpc) is 2.47. The van der Waals surface area contributed by atoms with Crippen LogP contribution in [0.3, 0.4) is 0 Å². The van der Waals surface area contributed by atoms with E-state index in [0.29, 0.717) is 11.8 Å². The SMILES string of the molecule is COc1c(C(C)C)cc(NC=C(C#N)C#N)cc1C(C)C. The monoisotopic (exact) mass is 283 g/mol. The summed E-state index contributed by atoms with van der Waals surface area (Å²) in [6, 6.07) is 7.66. The molecule has 21 heavy (non-hydrogen) atoms. The molecule has 110 valence electrons. The van der Waals surface area contributed by atoms with Gasteiger partial charge in [0, 0.05) is 11.9 Å². The van der Waals surface area contributed by atoms with E-state index in [4.69, 9.17) is 15.3 Å². The Hall–Kier alpha value is -2.46. The Labute approximate surface area is 126 Å². The van der Waals surface area contributed by atoms with Gasteiger partial charge in [-0.25, -0.2) is 0 Å². The first kappa shape index (κ1) is 16.6. The zero-order valence-corrected chi connectivity index (χ0v) is 13.2. The molecule has 1 N–H and O–H groups in total. The van der Waals surface area contributed by atoms with Crippen LogP contribution in [0.15, 0.2) is 23.9 Å². The fourth-order valence-electron chi connectivity index (χ4n) is 2.10. The van der Waals surface area contributed by atoms with Gasteiger partial charge in [-0.2, -0.15) is 10.5 Å². The average molecular weight is 283 g/mol. The number of hydrogen-bond acceptors (Lipinski definition) is 4. The minimum absolute atomic E-state index is 0.0445. The third-order valence-electron chi connectivity index (χ3n) is 3.22. The highest BCUT2D eigenvalue weighted by Gasteiger charge is 2.16. The summed E-state index contributed by atoms with van der Waals surface area (Å²) < 4.78 is 5.57. The van der Waals surface area contributed by atoms with Crippen molar-refractivity contribution in [2.45, 2.75) is 39.5 Å². The van der Waals surface area contributed by atoms with Crippen molar-refractivity contribution in [2.24, 2.45) is 0 Å². The standard InChI is InChI=1S/C17H21N3O/c1-11(2)15-6-14(20-10-13(8-18)9-19)7-16(12(3)4)17(15)21-5/h6-7,10-12,20H,1-5H3. The van der Waals surface area contributed by atoms with Crippen molar-refractivity contribution in [1.29, 1.82) is 10.5 Å². The second kappa shape index (κ2) is 7.36. The molecular weight excluding hydrogens is 262 g/mol. The van der Waals surface area contributed by atoms with E-state index in [1.54, 1.807) is 7.11 Å². The van der Waals surface area contributed by atoms with Crippen molar-refractivity contribution in [2.75, 3.05) is 12.4 Å². The molecule has 0 aliphatic carbocycles. The number of nitrogens with one attached hydrogen (secondary N) is 1. The van der Waals surface area contributed by atoms with Crippen molar-refractivity contribution in [3.8, 4) is 17.9 Å². The maximum Gasteiger partial charge on any atom is 0.145 e. The second-order valence-electron chi connectivity index (χ2n) is 5.42. The highest BCUT2D eigenvalue weighted by molar-refractivity contribution is 5.59. The zero-order chi connectivity index (χ0) is 16.0. The van der Waals surface area contributed by atoms with E-state index in [-0.39, 0.29) is 5.57 Å². The van der Waals surface area contributed by atoms with Crippen LogP contribution >= 0.6 is 0 Å². The lowest BCUT2D eigenvalue weighted by atomic mass is 9.93. The first-order valence-corrected chi connectivity index (χ1v) is 6.93. The van der Waals surface area contributed by atoms with Crippen LogP contribution in [0.25, 0.3) is 0 Å². The molecule has 0 saturated heterocycles. The van der Waals surface area contributed by atoms with E-state index in [0.717, 1.165) is 22.6 Å². The van der Waals surface area contributed by atoms with Gasteiger partial charge in [0.1, 0.15) is 23.5 Å². The van der Waals surface area contributed by atoms with Crippen LogP contribution in [-0.4, -0.2) is 7.11 Å². The molecule has 0 heterocycles. The van der Waals surface area contributed by atoms with Crippen LogP contribution in [0.2, 0.25) is 0 Å². The van der Waals surface area contributed by atoms with Crippen molar-refractivity contribution in [3.05, 3.63) is 35.0 Å². The van der Waals surface area contributed by atoms with Gasteiger partial charge in [-0.05, 0) is 35.1 Å². The number of hydrogen-bond donors (Lipinski definition) is 1. The van der Waals surface area contributed by atoms with Gasteiger partial charge in [-0.3, -0.25) is 0 Å². The Morgan fingerprint density at radius 1 is 1.10 bits per heavy atom. The molecule has 0 atom stereocenters. The Morgan fingerprint density at radius 3 is 1.90 bits per heavy atom. The molecule has 0 radical (unpaired) electrons. The Kier molecular flexibility index (Phi) is 5.81. The predicted molar refractivity (Wildman–Crippen MR) is 84.1 cm³/mol. The Morgan fingerprint density at radius 2 is 1.57 bits per heavy atom. The van der Waals surface area contributed by atoms with Crippen LogP contribution in [0.1, 0.15) is 50.7 Å². The van der Waals surface area contributed by atoms with Crippen LogP contribution in [0, 0.1) is 22.7 Å². The summed E-state index contributed by atoms with van der Waals surface area (Å²) >= 11 is 0. The molecule has 0 spiro atoms. The fraction of sp³-hybridized carbons (Fsp3) is 0.412. The van der Waals surface area contributed by atoms with Crippen LogP contribution in [0.4, 0.5) is 5.69 Å². The van der Waals surface area contributed by atoms with E-state index in [9.17, 15) is 0 Å². The minimum atomic E-state index is 0.0445. The van der Waals surface area contributed by atoms with E-state index in [2.05, 4.69) is 33.0 Å². The van der Waals surface area contributed by atoms with E-state index in [1.165, 1.54) is 6.20 Å². The normalized spacial score (nSPS) is 9.95. The lowest BCUT2D eigenvalue weighted by Crippen LogP contribution is -2.03.